The van der Waals surface area contributed by atoms with E-state index in [1.165, 1.54) is 36.4 Å². The summed E-state index contributed by atoms with van der Waals surface area (Å²) in [6, 6.07) is 9.34. The number of hydrogen-bond acceptors (Lipinski definition) is 3. The van der Waals surface area contributed by atoms with Crippen LogP contribution >= 0.6 is 0 Å². The van der Waals surface area contributed by atoms with Gasteiger partial charge < -0.3 is 9.84 Å². The van der Waals surface area contributed by atoms with Crippen LogP contribution in [0, 0.1) is 13.8 Å². The summed E-state index contributed by atoms with van der Waals surface area (Å²) in [6.07, 6.45) is -5.64. The molecule has 0 saturated heterocycles. The van der Waals surface area contributed by atoms with Crippen LogP contribution in [0.25, 0.3) is 0 Å². The molecular formula is C21H24F3NO3. The summed E-state index contributed by atoms with van der Waals surface area (Å²) in [4.78, 5) is 12.0. The molecule has 0 aliphatic heterocycles. The molecule has 2 rings (SSSR count). The maximum absolute atomic E-state index is 13.9. The standard InChI is InChI=1S/C21H24F3NO3/c1-13-11-16(12-14(2)17(13)25-18(26)28-19(3,4)5)20(27,21(22,23)24)15-9-7-6-8-10-15/h6-12,27H,1-5H3,(H,25,26). The van der Waals surface area contributed by atoms with E-state index in [-0.39, 0.29) is 11.1 Å². The number of benzene rings is 2. The number of alkyl halides is 3. The largest absolute Gasteiger partial charge is 0.444 e. The molecule has 1 atom stereocenters. The van der Waals surface area contributed by atoms with Crippen molar-refractivity contribution >= 4 is 11.8 Å². The summed E-state index contributed by atoms with van der Waals surface area (Å²) >= 11 is 0. The zero-order chi connectivity index (χ0) is 21.3. The molecule has 152 valence electrons. The molecule has 0 radical (unpaired) electrons. The molecule has 0 aromatic heterocycles. The van der Waals surface area contributed by atoms with Crippen LogP contribution in [-0.4, -0.2) is 23.0 Å². The summed E-state index contributed by atoms with van der Waals surface area (Å²) in [7, 11) is 0. The third-order valence-corrected chi connectivity index (χ3v) is 4.18. The highest BCUT2D eigenvalue weighted by Gasteiger charge is 2.56. The second-order valence-corrected chi connectivity index (χ2v) is 7.69. The Bertz CT molecular complexity index is 834. The lowest BCUT2D eigenvalue weighted by Gasteiger charge is -2.32. The Morgan fingerprint density at radius 1 is 0.964 bits per heavy atom. The molecule has 0 bridgehead atoms. The maximum atomic E-state index is 13.9. The van der Waals surface area contributed by atoms with Crippen molar-refractivity contribution in [3.63, 3.8) is 0 Å². The number of hydrogen-bond donors (Lipinski definition) is 2. The molecular weight excluding hydrogens is 371 g/mol. The zero-order valence-corrected chi connectivity index (χ0v) is 16.4. The van der Waals surface area contributed by atoms with E-state index >= 15 is 0 Å². The first-order chi connectivity index (χ1) is 12.8. The average molecular weight is 395 g/mol. The minimum Gasteiger partial charge on any atom is -0.444 e. The van der Waals surface area contributed by atoms with Gasteiger partial charge >= 0.3 is 12.3 Å². The first-order valence-electron chi connectivity index (χ1n) is 8.72. The van der Waals surface area contributed by atoms with Gasteiger partial charge in [-0.3, -0.25) is 5.32 Å². The summed E-state index contributed by atoms with van der Waals surface area (Å²) in [6.45, 7) is 8.24. The van der Waals surface area contributed by atoms with Crippen molar-refractivity contribution in [1.29, 1.82) is 0 Å². The van der Waals surface area contributed by atoms with Crippen molar-refractivity contribution in [2.24, 2.45) is 0 Å². The van der Waals surface area contributed by atoms with Gasteiger partial charge in [-0.25, -0.2) is 4.79 Å². The monoisotopic (exact) mass is 395 g/mol. The van der Waals surface area contributed by atoms with Gasteiger partial charge in [-0.2, -0.15) is 13.2 Å². The Morgan fingerprint density at radius 3 is 1.89 bits per heavy atom. The Morgan fingerprint density at radius 2 is 1.46 bits per heavy atom. The Hall–Kier alpha value is -2.54. The SMILES string of the molecule is Cc1cc(C(O)(c2ccccc2)C(F)(F)F)cc(C)c1NC(=O)OC(C)(C)C. The fourth-order valence-electron chi connectivity index (χ4n) is 2.95. The van der Waals surface area contributed by atoms with Crippen LogP contribution in [0.5, 0.6) is 0 Å². The minimum absolute atomic E-state index is 0.283. The van der Waals surface area contributed by atoms with E-state index < -0.39 is 23.5 Å². The van der Waals surface area contributed by atoms with Gasteiger partial charge in [-0.15, -0.1) is 0 Å². The number of nitrogens with one attached hydrogen (secondary N) is 1. The predicted octanol–water partition coefficient (Wildman–Crippen LogP) is 5.45. The van der Waals surface area contributed by atoms with Gasteiger partial charge in [0.15, 0.2) is 0 Å². The van der Waals surface area contributed by atoms with Crippen molar-refractivity contribution < 1.29 is 27.8 Å². The molecule has 2 N–H and O–H groups in total. The van der Waals surface area contributed by atoms with Gasteiger partial charge in [0.05, 0.1) is 0 Å². The van der Waals surface area contributed by atoms with Crippen molar-refractivity contribution in [1.82, 2.24) is 0 Å². The number of anilines is 1. The molecule has 0 aliphatic carbocycles. The number of carbonyl (C=O) groups is 1. The molecule has 0 fully saturated rings. The van der Waals surface area contributed by atoms with Crippen LogP contribution in [0.1, 0.15) is 43.0 Å². The van der Waals surface area contributed by atoms with Crippen molar-refractivity contribution in [2.45, 2.75) is 52.0 Å². The molecule has 0 aliphatic rings. The highest BCUT2D eigenvalue weighted by atomic mass is 19.4. The van der Waals surface area contributed by atoms with E-state index in [1.54, 1.807) is 40.7 Å². The van der Waals surface area contributed by atoms with Gasteiger partial charge in [0.2, 0.25) is 5.60 Å². The van der Waals surface area contributed by atoms with Crippen LogP contribution in [0.2, 0.25) is 0 Å². The molecule has 1 unspecified atom stereocenters. The quantitative estimate of drug-likeness (QED) is 0.727. The highest BCUT2D eigenvalue weighted by molar-refractivity contribution is 5.87. The molecule has 7 heteroatoms. The smallest absolute Gasteiger partial charge is 0.425 e. The van der Waals surface area contributed by atoms with E-state index in [2.05, 4.69) is 5.32 Å². The number of rotatable bonds is 3. The zero-order valence-electron chi connectivity index (χ0n) is 16.4. The average Bonchev–Trinajstić information content (AvgIpc) is 2.55. The number of aryl methyl sites for hydroxylation is 2. The Labute approximate surface area is 162 Å². The molecule has 1 amide bonds. The molecule has 4 nitrogen and oxygen atoms in total. The summed E-state index contributed by atoms with van der Waals surface area (Å²) in [5.41, 5.74) is -3.40. The van der Waals surface area contributed by atoms with Crippen molar-refractivity contribution in [3.05, 3.63) is 64.7 Å². The second-order valence-electron chi connectivity index (χ2n) is 7.69. The van der Waals surface area contributed by atoms with Crippen molar-refractivity contribution in [3.8, 4) is 0 Å². The molecule has 2 aromatic carbocycles. The van der Waals surface area contributed by atoms with E-state index in [1.807, 2.05) is 0 Å². The van der Waals surface area contributed by atoms with E-state index in [0.717, 1.165) is 0 Å². The van der Waals surface area contributed by atoms with Gasteiger partial charge in [0.25, 0.3) is 0 Å². The van der Waals surface area contributed by atoms with E-state index in [0.29, 0.717) is 16.8 Å². The van der Waals surface area contributed by atoms with Gasteiger partial charge in [0, 0.05) is 5.69 Å². The number of amides is 1. The fourth-order valence-corrected chi connectivity index (χ4v) is 2.95. The number of carbonyl (C=O) groups excluding carboxylic acids is 1. The van der Waals surface area contributed by atoms with Gasteiger partial charge in [-0.05, 0) is 56.9 Å². The molecule has 0 heterocycles. The third-order valence-electron chi connectivity index (χ3n) is 4.18. The lowest BCUT2D eigenvalue weighted by Crippen LogP contribution is -2.43. The lowest BCUT2D eigenvalue weighted by molar-refractivity contribution is -0.248. The Kier molecular flexibility index (Phi) is 5.80. The van der Waals surface area contributed by atoms with Crippen LogP contribution in [0.3, 0.4) is 0 Å². The molecule has 28 heavy (non-hydrogen) atoms. The summed E-state index contributed by atoms with van der Waals surface area (Å²) < 4.78 is 46.9. The third kappa shape index (κ3) is 4.47. The lowest BCUT2D eigenvalue weighted by atomic mass is 9.84. The van der Waals surface area contributed by atoms with E-state index in [9.17, 15) is 23.1 Å². The minimum atomic E-state index is -4.94. The normalized spacial score (nSPS) is 14.3. The number of aliphatic hydroxyl groups is 1. The van der Waals surface area contributed by atoms with Crippen molar-refractivity contribution in [2.75, 3.05) is 5.32 Å². The van der Waals surface area contributed by atoms with Crippen LogP contribution in [0.15, 0.2) is 42.5 Å². The fraction of sp³-hybridized carbons (Fsp3) is 0.381. The summed E-state index contributed by atoms with van der Waals surface area (Å²) in [5, 5.41) is 13.3. The maximum Gasteiger partial charge on any atom is 0.425 e. The molecule has 2 aromatic rings. The van der Waals surface area contributed by atoms with E-state index in [4.69, 9.17) is 4.74 Å². The van der Waals surface area contributed by atoms with Crippen LogP contribution in [-0.2, 0) is 10.3 Å². The van der Waals surface area contributed by atoms with Crippen LogP contribution < -0.4 is 5.32 Å². The Balaban J connectivity index is 2.51. The topological polar surface area (TPSA) is 58.6 Å². The first kappa shape index (κ1) is 21.8. The first-order valence-corrected chi connectivity index (χ1v) is 8.72. The number of ether oxygens (including phenoxy) is 1. The summed E-state index contributed by atoms with van der Waals surface area (Å²) in [5.74, 6) is 0. The highest BCUT2D eigenvalue weighted by Crippen LogP contribution is 2.45. The van der Waals surface area contributed by atoms with Gasteiger partial charge in [-0.1, -0.05) is 42.5 Å². The van der Waals surface area contributed by atoms with Crippen LogP contribution in [0.4, 0.5) is 23.7 Å². The number of halogens is 3. The molecule has 0 saturated carbocycles. The molecule has 0 spiro atoms. The predicted molar refractivity (Wildman–Crippen MR) is 101 cm³/mol. The van der Waals surface area contributed by atoms with Gasteiger partial charge in [0.1, 0.15) is 5.60 Å². The second kappa shape index (κ2) is 7.47.